The van der Waals surface area contributed by atoms with Crippen LogP contribution in [0.4, 0.5) is 0 Å². The molecule has 3 heterocycles. The molecule has 1 aliphatic rings. The summed E-state index contributed by atoms with van der Waals surface area (Å²) in [6.45, 7) is 3.59. The number of carbonyl (C=O) groups is 1. The lowest BCUT2D eigenvalue weighted by molar-refractivity contribution is 0.331. The van der Waals surface area contributed by atoms with Gasteiger partial charge in [-0.2, -0.15) is 0 Å². The van der Waals surface area contributed by atoms with Crippen LogP contribution in [0.25, 0.3) is 22.3 Å². The Balaban J connectivity index is 1.55. The summed E-state index contributed by atoms with van der Waals surface area (Å²) in [5, 5.41) is 0.673. The first kappa shape index (κ1) is 23.7. The number of nitrogens with zero attached hydrogens (tertiary/aromatic N) is 4. The van der Waals surface area contributed by atoms with E-state index in [-0.39, 0.29) is 15.7 Å². The third-order valence-electron chi connectivity index (χ3n) is 6.54. The Morgan fingerprint density at radius 3 is 2.37 bits per heavy atom. The van der Waals surface area contributed by atoms with Gasteiger partial charge in [0.05, 0.1) is 22.2 Å². The summed E-state index contributed by atoms with van der Waals surface area (Å²) in [5.41, 5.74) is 3.62. The summed E-state index contributed by atoms with van der Waals surface area (Å²) in [5.74, 6) is 0.391. The third-order valence-corrected chi connectivity index (χ3v) is 8.56. The van der Waals surface area contributed by atoms with Gasteiger partial charge in [-0.1, -0.05) is 53.6 Å². The molecule has 1 saturated heterocycles. The normalized spacial score (nSPS) is 15.4. The number of hydrogen-bond acceptors (Lipinski definition) is 6. The van der Waals surface area contributed by atoms with E-state index in [0.717, 1.165) is 43.2 Å². The third kappa shape index (κ3) is 4.51. The molecule has 0 bridgehead atoms. The zero-order valence-electron chi connectivity index (χ0n) is 19.1. The van der Waals surface area contributed by atoms with Crippen molar-refractivity contribution >= 4 is 46.3 Å². The Morgan fingerprint density at radius 1 is 1.03 bits per heavy atom. The summed E-state index contributed by atoms with van der Waals surface area (Å²) in [4.78, 5) is 21.2. The molecule has 2 aromatic carbocycles. The fourth-order valence-corrected chi connectivity index (χ4v) is 6.28. The molecular weight excluding hydrogens is 483 g/mol. The van der Waals surface area contributed by atoms with Gasteiger partial charge in [-0.3, -0.25) is 0 Å². The topological polar surface area (TPSA) is 85.2 Å². The van der Waals surface area contributed by atoms with E-state index in [0.29, 0.717) is 17.0 Å². The molecule has 0 spiro atoms. The Hall–Kier alpha value is -3.01. The molecule has 0 amide bonds. The van der Waals surface area contributed by atoms with Crippen molar-refractivity contribution in [2.45, 2.75) is 30.6 Å². The molecule has 35 heavy (non-hydrogen) atoms. The summed E-state index contributed by atoms with van der Waals surface area (Å²) in [7, 11) is -2.35. The van der Waals surface area contributed by atoms with Crippen LogP contribution in [-0.2, 0) is 14.8 Å². The summed E-state index contributed by atoms with van der Waals surface area (Å²) >= 11 is 6.32. The molecule has 0 N–H and O–H groups in total. The van der Waals surface area contributed by atoms with Gasteiger partial charge in [0.15, 0.2) is 5.65 Å². The second kappa shape index (κ2) is 9.56. The minimum absolute atomic E-state index is 0.173. The first-order chi connectivity index (χ1) is 16.9. The number of hydrogen-bond donors (Lipinski definition) is 0. The van der Waals surface area contributed by atoms with E-state index in [4.69, 9.17) is 11.6 Å². The van der Waals surface area contributed by atoms with Gasteiger partial charge in [-0.15, -0.1) is 0 Å². The SMILES string of the molecule is Cc1ccc(S(=O)(=O)n2c(-c3ccc(C4CCN([B]C=O)CC4)cc3)cc3c(Cl)ncnc32)cc1. The van der Waals surface area contributed by atoms with Gasteiger partial charge in [-0.05, 0) is 68.1 Å². The minimum Gasteiger partial charge on any atom is -0.340 e. The standard InChI is InChI=1S/C25H23BClN4O3S/c1-17-2-8-21(9-3-17)35(33,34)31-23(14-22-24(27)28-16-29-25(22)31)20-6-4-18(5-7-20)19-10-12-30(13-11-19)26-15-32/h2-9,14-16,19H,10-13H2,1H3. The van der Waals surface area contributed by atoms with Gasteiger partial charge in [0.2, 0.25) is 0 Å². The highest BCUT2D eigenvalue weighted by Gasteiger charge is 2.26. The van der Waals surface area contributed by atoms with Gasteiger partial charge in [0.25, 0.3) is 17.4 Å². The summed E-state index contributed by atoms with van der Waals surface area (Å²) in [6, 6.07) is 16.4. The minimum atomic E-state index is -3.95. The van der Waals surface area contributed by atoms with Gasteiger partial charge >= 0.3 is 0 Å². The molecule has 2 aromatic heterocycles. The largest absolute Gasteiger partial charge is 0.340 e. The molecule has 7 nitrogen and oxygen atoms in total. The average Bonchev–Trinajstić information content (AvgIpc) is 3.27. The number of rotatable bonds is 6. The van der Waals surface area contributed by atoms with Crippen LogP contribution < -0.4 is 0 Å². The number of aromatic nitrogens is 3. The number of carbonyl (C=O) groups excluding carboxylic acids is 1. The molecule has 177 valence electrons. The van der Waals surface area contributed by atoms with Crippen molar-refractivity contribution in [1.82, 2.24) is 18.8 Å². The second-order valence-corrected chi connectivity index (χ2v) is 10.9. The Kier molecular flexibility index (Phi) is 6.48. The van der Waals surface area contributed by atoms with Crippen molar-refractivity contribution in [3.63, 3.8) is 0 Å². The highest BCUT2D eigenvalue weighted by Crippen LogP contribution is 2.35. The Morgan fingerprint density at radius 2 is 1.71 bits per heavy atom. The van der Waals surface area contributed by atoms with Crippen LogP contribution in [0.5, 0.6) is 0 Å². The highest BCUT2D eigenvalue weighted by molar-refractivity contribution is 7.90. The monoisotopic (exact) mass is 505 g/mol. The maximum Gasteiger partial charge on any atom is 0.293 e. The average molecular weight is 506 g/mol. The molecule has 1 radical (unpaired) electrons. The van der Waals surface area contributed by atoms with Crippen molar-refractivity contribution < 1.29 is 13.2 Å². The molecule has 5 rings (SSSR count). The number of halogens is 1. The van der Waals surface area contributed by atoms with Gasteiger partial charge in [-0.25, -0.2) is 22.4 Å². The van der Waals surface area contributed by atoms with Crippen molar-refractivity contribution in [1.29, 1.82) is 0 Å². The van der Waals surface area contributed by atoms with E-state index in [9.17, 15) is 13.2 Å². The van der Waals surface area contributed by atoms with Crippen LogP contribution in [0.15, 0.2) is 65.8 Å². The zero-order chi connectivity index (χ0) is 24.6. The van der Waals surface area contributed by atoms with Crippen molar-refractivity contribution in [2.75, 3.05) is 13.1 Å². The first-order valence-corrected chi connectivity index (χ1v) is 13.2. The van der Waals surface area contributed by atoms with E-state index in [1.54, 1.807) is 37.7 Å². The molecule has 4 aromatic rings. The van der Waals surface area contributed by atoms with E-state index in [1.807, 2.05) is 36.0 Å². The van der Waals surface area contributed by atoms with Crippen LogP contribution in [-0.4, -0.2) is 53.9 Å². The fourth-order valence-electron chi connectivity index (χ4n) is 4.61. The van der Waals surface area contributed by atoms with E-state index < -0.39 is 10.0 Å². The number of fused-ring (bicyclic) bond motifs is 1. The maximum atomic E-state index is 13.8. The molecule has 0 aliphatic carbocycles. The fraction of sp³-hybridized carbons (Fsp3) is 0.240. The molecule has 0 unspecified atom stereocenters. The number of aryl methyl sites for hydroxylation is 1. The van der Waals surface area contributed by atoms with Crippen LogP contribution in [0.1, 0.15) is 29.9 Å². The molecular formula is C25H23BClN4O3S. The second-order valence-electron chi connectivity index (χ2n) is 8.73. The Bertz CT molecular complexity index is 1480. The highest BCUT2D eigenvalue weighted by atomic mass is 35.5. The predicted molar refractivity (Wildman–Crippen MR) is 138 cm³/mol. The van der Waals surface area contributed by atoms with Crippen molar-refractivity contribution in [2.24, 2.45) is 0 Å². The lowest BCUT2D eigenvalue weighted by Crippen LogP contribution is -2.36. The van der Waals surface area contributed by atoms with E-state index >= 15 is 0 Å². The van der Waals surface area contributed by atoms with E-state index in [1.165, 1.54) is 15.9 Å². The number of piperidine rings is 1. The van der Waals surface area contributed by atoms with Crippen LogP contribution >= 0.6 is 11.6 Å². The lowest BCUT2D eigenvalue weighted by Gasteiger charge is -2.30. The smallest absolute Gasteiger partial charge is 0.293 e. The molecule has 0 atom stereocenters. The molecule has 1 aliphatic heterocycles. The molecule has 10 heteroatoms. The Labute approximate surface area is 210 Å². The van der Waals surface area contributed by atoms with E-state index in [2.05, 4.69) is 9.97 Å². The van der Waals surface area contributed by atoms with Gasteiger partial charge in [0.1, 0.15) is 11.5 Å². The lowest BCUT2D eigenvalue weighted by atomic mass is 9.84. The maximum absolute atomic E-state index is 13.8. The van der Waals surface area contributed by atoms with Gasteiger partial charge in [0, 0.05) is 0 Å². The van der Waals surface area contributed by atoms with Crippen LogP contribution in [0.2, 0.25) is 5.15 Å². The van der Waals surface area contributed by atoms with Crippen LogP contribution in [0.3, 0.4) is 0 Å². The van der Waals surface area contributed by atoms with Gasteiger partial charge < -0.3 is 9.61 Å². The molecule has 0 saturated carbocycles. The summed E-state index contributed by atoms with van der Waals surface area (Å²) in [6.07, 6.45) is 4.01. The quantitative estimate of drug-likeness (QED) is 0.221. The molecule has 1 fully saturated rings. The summed E-state index contributed by atoms with van der Waals surface area (Å²) < 4.78 is 28.8. The van der Waals surface area contributed by atoms with Crippen LogP contribution in [0, 0.1) is 6.92 Å². The zero-order valence-corrected chi connectivity index (χ0v) is 20.7. The van der Waals surface area contributed by atoms with Crippen molar-refractivity contribution in [3.8, 4) is 11.3 Å². The predicted octanol–water partition coefficient (Wildman–Crippen LogP) is 4.29. The number of benzene rings is 2. The first-order valence-electron chi connectivity index (χ1n) is 11.4. The van der Waals surface area contributed by atoms with Crippen molar-refractivity contribution in [3.05, 3.63) is 77.2 Å².